The lowest BCUT2D eigenvalue weighted by Gasteiger charge is -2.02. The third-order valence-corrected chi connectivity index (χ3v) is 3.41. The summed E-state index contributed by atoms with van der Waals surface area (Å²) in [6.07, 6.45) is 4.12. The topological polar surface area (TPSA) is 45.8 Å². The van der Waals surface area contributed by atoms with Crippen molar-refractivity contribution in [3.63, 3.8) is 0 Å². The molecule has 1 heterocycles. The average molecular weight is 311 g/mol. The summed E-state index contributed by atoms with van der Waals surface area (Å²) in [5, 5.41) is 0.646. The maximum absolute atomic E-state index is 11.8. The van der Waals surface area contributed by atoms with Crippen LogP contribution in [-0.4, -0.2) is 16.2 Å². The normalized spacial score (nSPS) is 10.5. The number of nitrogens with one attached hydrogen (secondary N) is 1. The van der Waals surface area contributed by atoms with Gasteiger partial charge in [0.1, 0.15) is 0 Å². The lowest BCUT2D eigenvalue weighted by molar-refractivity contribution is 0.902. The first-order valence-electron chi connectivity index (χ1n) is 5.05. The van der Waals surface area contributed by atoms with Crippen molar-refractivity contribution in [3.05, 3.63) is 56.4 Å². The summed E-state index contributed by atoms with van der Waals surface area (Å²) >= 11 is 4.84. The number of nitrogens with zero attached hydrogens (tertiary/aromatic N) is 1. The zero-order valence-corrected chi connectivity index (χ0v) is 11.6. The van der Waals surface area contributed by atoms with Crippen LogP contribution in [0.2, 0.25) is 0 Å². The van der Waals surface area contributed by atoms with Gasteiger partial charge in [-0.15, -0.1) is 0 Å². The lowest BCUT2D eigenvalue weighted by atomic mass is 10.1. The predicted octanol–water partition coefficient (Wildman–Crippen LogP) is 2.85. The molecule has 0 amide bonds. The molecule has 0 fully saturated rings. The molecule has 0 atom stereocenters. The summed E-state index contributed by atoms with van der Waals surface area (Å²) in [5.41, 5.74) is 1.70. The molecule has 0 unspecified atom stereocenters. The molecule has 1 aromatic carbocycles. The largest absolute Gasteiger partial charge is 0.301 e. The van der Waals surface area contributed by atoms with Gasteiger partial charge in [0.05, 0.1) is 0 Å². The number of hydrogen-bond donors (Lipinski definition) is 1. The summed E-state index contributed by atoms with van der Waals surface area (Å²) in [6, 6.07) is 7.91. The van der Waals surface area contributed by atoms with Crippen molar-refractivity contribution in [1.82, 2.24) is 9.97 Å². The Morgan fingerprint density at radius 3 is 2.94 bits per heavy atom. The van der Waals surface area contributed by atoms with E-state index in [1.807, 2.05) is 30.5 Å². The number of H-pyrrole nitrogens is 1. The van der Waals surface area contributed by atoms with Crippen molar-refractivity contribution in [3.8, 4) is 0 Å². The van der Waals surface area contributed by atoms with Gasteiger partial charge >= 0.3 is 0 Å². The van der Waals surface area contributed by atoms with E-state index in [4.69, 9.17) is 0 Å². The number of aromatic amines is 1. The highest BCUT2D eigenvalue weighted by atomic mass is 79.9. The molecule has 5 heteroatoms. The fourth-order valence-electron chi connectivity index (χ4n) is 1.50. The van der Waals surface area contributed by atoms with Crippen molar-refractivity contribution in [1.29, 1.82) is 0 Å². The molecule has 1 aromatic heterocycles. The molecule has 0 saturated carbocycles. The van der Waals surface area contributed by atoms with Crippen LogP contribution in [0.4, 0.5) is 0 Å². The number of rotatable bonds is 3. The summed E-state index contributed by atoms with van der Waals surface area (Å²) in [7, 11) is 0. The van der Waals surface area contributed by atoms with E-state index in [0.29, 0.717) is 17.1 Å². The van der Waals surface area contributed by atoms with E-state index in [1.54, 1.807) is 6.20 Å². The zero-order chi connectivity index (χ0) is 12.3. The second-order valence-corrected chi connectivity index (χ2v) is 5.26. The molecule has 3 nitrogen and oxygen atoms in total. The molecule has 0 spiro atoms. The van der Waals surface area contributed by atoms with Gasteiger partial charge in [0.15, 0.2) is 5.16 Å². The SMILES string of the molecule is CSc1ncc(Cc2cccc(Br)c2)c(=O)[nH]1. The standard InChI is InChI=1S/C12H11BrN2OS/c1-17-12-14-7-9(11(16)15-12)5-8-3-2-4-10(13)6-8/h2-4,6-7H,5H2,1H3,(H,14,15,16). The number of benzene rings is 1. The van der Waals surface area contributed by atoms with Crippen LogP contribution < -0.4 is 5.56 Å². The molecule has 0 bridgehead atoms. The van der Waals surface area contributed by atoms with Crippen LogP contribution in [0.15, 0.2) is 44.9 Å². The molecule has 0 radical (unpaired) electrons. The minimum Gasteiger partial charge on any atom is -0.301 e. The Labute approximate surface area is 112 Å². The van der Waals surface area contributed by atoms with Gasteiger partial charge in [-0.05, 0) is 24.0 Å². The molecule has 0 aliphatic rings. The Balaban J connectivity index is 2.27. The summed E-state index contributed by atoms with van der Waals surface area (Å²) in [4.78, 5) is 18.7. The van der Waals surface area contributed by atoms with Gasteiger partial charge in [-0.1, -0.05) is 39.8 Å². The van der Waals surface area contributed by atoms with E-state index >= 15 is 0 Å². The van der Waals surface area contributed by atoms with Crippen molar-refractivity contribution in [2.75, 3.05) is 6.26 Å². The molecule has 17 heavy (non-hydrogen) atoms. The maximum atomic E-state index is 11.8. The Bertz CT molecular complexity index is 583. The maximum Gasteiger partial charge on any atom is 0.255 e. The first-order chi connectivity index (χ1) is 8.19. The molecule has 0 saturated heterocycles. The smallest absolute Gasteiger partial charge is 0.255 e. The third-order valence-electron chi connectivity index (χ3n) is 2.33. The van der Waals surface area contributed by atoms with Gasteiger partial charge in [-0.3, -0.25) is 4.79 Å². The van der Waals surface area contributed by atoms with Crippen LogP contribution in [0.1, 0.15) is 11.1 Å². The highest BCUT2D eigenvalue weighted by Gasteiger charge is 2.03. The summed E-state index contributed by atoms with van der Waals surface area (Å²) < 4.78 is 1.01. The van der Waals surface area contributed by atoms with Crippen molar-refractivity contribution < 1.29 is 0 Å². The molecule has 88 valence electrons. The molecule has 1 N–H and O–H groups in total. The van der Waals surface area contributed by atoms with Crippen molar-refractivity contribution in [2.45, 2.75) is 11.6 Å². The third kappa shape index (κ3) is 3.20. The van der Waals surface area contributed by atoms with E-state index in [1.165, 1.54) is 11.8 Å². The monoisotopic (exact) mass is 310 g/mol. The van der Waals surface area contributed by atoms with E-state index < -0.39 is 0 Å². The highest BCUT2D eigenvalue weighted by molar-refractivity contribution is 9.10. The van der Waals surface area contributed by atoms with Gasteiger partial charge in [-0.25, -0.2) is 4.98 Å². The second-order valence-electron chi connectivity index (χ2n) is 3.55. The average Bonchev–Trinajstić information content (AvgIpc) is 2.32. The quantitative estimate of drug-likeness (QED) is 0.700. The molecule has 0 aliphatic carbocycles. The van der Waals surface area contributed by atoms with Crippen LogP contribution in [0.25, 0.3) is 0 Å². The highest BCUT2D eigenvalue weighted by Crippen LogP contribution is 2.14. The number of hydrogen-bond acceptors (Lipinski definition) is 3. The Kier molecular flexibility index (Phi) is 4.02. The minimum atomic E-state index is -0.0654. The molecule has 2 rings (SSSR count). The first kappa shape index (κ1) is 12.4. The van der Waals surface area contributed by atoms with Gasteiger partial charge in [0.2, 0.25) is 0 Å². The van der Waals surface area contributed by atoms with E-state index in [-0.39, 0.29) is 5.56 Å². The fourth-order valence-corrected chi connectivity index (χ4v) is 2.30. The lowest BCUT2D eigenvalue weighted by Crippen LogP contribution is -2.14. The predicted molar refractivity (Wildman–Crippen MR) is 73.6 cm³/mol. The summed E-state index contributed by atoms with van der Waals surface area (Å²) in [5.74, 6) is 0. The molecule has 0 aliphatic heterocycles. The van der Waals surface area contributed by atoms with Crippen LogP contribution in [0, 0.1) is 0 Å². The van der Waals surface area contributed by atoms with Gasteiger partial charge in [0.25, 0.3) is 5.56 Å². The Morgan fingerprint density at radius 1 is 1.47 bits per heavy atom. The number of halogens is 1. The van der Waals surface area contributed by atoms with Crippen molar-refractivity contribution >= 4 is 27.7 Å². The number of thioether (sulfide) groups is 1. The first-order valence-corrected chi connectivity index (χ1v) is 7.07. The van der Waals surface area contributed by atoms with Crippen LogP contribution in [0.3, 0.4) is 0 Å². The zero-order valence-electron chi connectivity index (χ0n) is 9.24. The van der Waals surface area contributed by atoms with Crippen LogP contribution in [0.5, 0.6) is 0 Å². The van der Waals surface area contributed by atoms with Crippen LogP contribution in [-0.2, 0) is 6.42 Å². The molecular weight excluding hydrogens is 300 g/mol. The van der Waals surface area contributed by atoms with Gasteiger partial charge < -0.3 is 4.98 Å². The van der Waals surface area contributed by atoms with E-state index in [2.05, 4.69) is 25.9 Å². The van der Waals surface area contributed by atoms with Gasteiger partial charge in [-0.2, -0.15) is 0 Å². The Morgan fingerprint density at radius 2 is 2.29 bits per heavy atom. The molecule has 2 aromatic rings. The Hall–Kier alpha value is -1.07. The number of aromatic nitrogens is 2. The fraction of sp³-hybridized carbons (Fsp3) is 0.167. The van der Waals surface area contributed by atoms with Crippen molar-refractivity contribution in [2.24, 2.45) is 0 Å². The molecular formula is C12H11BrN2OS. The second kappa shape index (κ2) is 5.51. The minimum absolute atomic E-state index is 0.0654. The van der Waals surface area contributed by atoms with Gasteiger partial charge in [0, 0.05) is 22.7 Å². The van der Waals surface area contributed by atoms with E-state index in [9.17, 15) is 4.79 Å². The summed E-state index contributed by atoms with van der Waals surface area (Å²) in [6.45, 7) is 0. The van der Waals surface area contributed by atoms with Crippen LogP contribution >= 0.6 is 27.7 Å². The van der Waals surface area contributed by atoms with E-state index in [0.717, 1.165) is 10.0 Å².